The quantitative estimate of drug-likeness (QED) is 0.345. The van der Waals surface area contributed by atoms with Crippen molar-refractivity contribution in [3.05, 3.63) is 29.8 Å². The highest BCUT2D eigenvalue weighted by Crippen LogP contribution is 2.46. The highest BCUT2D eigenvalue weighted by Gasteiger charge is 2.26. The Morgan fingerprint density at radius 2 is 1.90 bits per heavy atom. The predicted molar refractivity (Wildman–Crippen MR) is 84.4 cm³/mol. The first-order valence-electron chi connectivity index (χ1n) is 6.10. The van der Waals surface area contributed by atoms with Crippen LogP contribution in [0.3, 0.4) is 0 Å². The van der Waals surface area contributed by atoms with Crippen LogP contribution in [-0.4, -0.2) is 24.5 Å². The van der Waals surface area contributed by atoms with E-state index in [9.17, 15) is 4.57 Å². The summed E-state index contributed by atoms with van der Waals surface area (Å²) in [5.41, 5.74) is 8.50. The van der Waals surface area contributed by atoms with Crippen LogP contribution in [0.4, 0.5) is 0 Å². The number of nitrogens with zero attached hydrogens (tertiary/aromatic N) is 1. The highest BCUT2D eigenvalue weighted by molar-refractivity contribution is 7.80. The summed E-state index contributed by atoms with van der Waals surface area (Å²) in [4.78, 5) is 0. The first-order valence-corrected chi connectivity index (χ1v) is 8.05. The number of nitrogens with one attached hydrogen (secondary N) is 1. The van der Waals surface area contributed by atoms with E-state index < -0.39 is 7.60 Å². The van der Waals surface area contributed by atoms with E-state index in [1.807, 2.05) is 0 Å². The third-order valence-electron chi connectivity index (χ3n) is 2.20. The van der Waals surface area contributed by atoms with Gasteiger partial charge in [0.2, 0.25) is 0 Å². The smallest absolute Gasteiger partial charge is 0.361 e. The standard InChI is InChI=1S/C12H18N3O3PS/c1-3-17-19(16,18-4-2)11-7-5-10(6-8-11)9-14-15-12(13)20/h5-9H,3-4H2,1-2H3,(H3,13,15,20). The minimum Gasteiger partial charge on any atom is -0.375 e. The first kappa shape index (κ1) is 16.8. The van der Waals surface area contributed by atoms with Crippen molar-refractivity contribution in [1.82, 2.24) is 5.43 Å². The van der Waals surface area contributed by atoms with Crippen molar-refractivity contribution in [2.24, 2.45) is 10.8 Å². The molecule has 0 saturated carbocycles. The summed E-state index contributed by atoms with van der Waals surface area (Å²) in [6.45, 7) is 4.18. The zero-order valence-corrected chi connectivity index (χ0v) is 13.1. The summed E-state index contributed by atoms with van der Waals surface area (Å²) >= 11 is 4.62. The summed E-state index contributed by atoms with van der Waals surface area (Å²) in [5.74, 6) is 0. The minimum atomic E-state index is -3.23. The zero-order valence-electron chi connectivity index (χ0n) is 11.4. The Morgan fingerprint density at radius 1 is 1.35 bits per heavy atom. The lowest BCUT2D eigenvalue weighted by Crippen LogP contribution is -2.24. The van der Waals surface area contributed by atoms with Crippen LogP contribution in [-0.2, 0) is 13.6 Å². The molecule has 0 fully saturated rings. The second-order valence-corrected chi connectivity index (χ2v) is 6.13. The van der Waals surface area contributed by atoms with Crippen molar-refractivity contribution in [2.45, 2.75) is 13.8 Å². The lowest BCUT2D eigenvalue weighted by Gasteiger charge is -2.17. The van der Waals surface area contributed by atoms with Crippen LogP contribution in [0.25, 0.3) is 0 Å². The van der Waals surface area contributed by atoms with Crippen LogP contribution >= 0.6 is 19.8 Å². The van der Waals surface area contributed by atoms with Gasteiger partial charge in [-0.2, -0.15) is 5.10 Å². The monoisotopic (exact) mass is 315 g/mol. The summed E-state index contributed by atoms with van der Waals surface area (Å²) in [5, 5.41) is 4.44. The summed E-state index contributed by atoms with van der Waals surface area (Å²) < 4.78 is 23.0. The van der Waals surface area contributed by atoms with Crippen molar-refractivity contribution >= 4 is 36.4 Å². The van der Waals surface area contributed by atoms with Crippen LogP contribution in [0.15, 0.2) is 29.4 Å². The van der Waals surface area contributed by atoms with E-state index in [0.717, 1.165) is 5.56 Å². The SMILES string of the molecule is CCOP(=O)(OCC)c1ccc(C=NNC(N)=S)cc1. The molecule has 0 saturated heterocycles. The van der Waals surface area contributed by atoms with Gasteiger partial charge in [-0.3, -0.25) is 9.99 Å². The number of hydrazone groups is 1. The van der Waals surface area contributed by atoms with Crippen LogP contribution in [0.2, 0.25) is 0 Å². The van der Waals surface area contributed by atoms with Gasteiger partial charge < -0.3 is 14.8 Å². The Hall–Kier alpha value is -1.27. The van der Waals surface area contributed by atoms with Crippen molar-refractivity contribution in [1.29, 1.82) is 0 Å². The van der Waals surface area contributed by atoms with Gasteiger partial charge in [0.15, 0.2) is 5.11 Å². The molecule has 0 radical (unpaired) electrons. The van der Waals surface area contributed by atoms with Crippen molar-refractivity contribution < 1.29 is 13.6 Å². The van der Waals surface area contributed by atoms with Crippen molar-refractivity contribution in [3.8, 4) is 0 Å². The summed E-state index contributed by atoms with van der Waals surface area (Å²) in [7, 11) is -3.23. The number of nitrogens with two attached hydrogens (primary N) is 1. The molecule has 1 rings (SSSR count). The van der Waals surface area contributed by atoms with Crippen molar-refractivity contribution in [3.63, 3.8) is 0 Å². The van der Waals surface area contributed by atoms with Crippen LogP contribution < -0.4 is 16.5 Å². The van der Waals surface area contributed by atoms with Crippen LogP contribution in [0, 0.1) is 0 Å². The van der Waals surface area contributed by atoms with Gasteiger partial charge in [0, 0.05) is 0 Å². The van der Waals surface area contributed by atoms with Crippen LogP contribution in [0.5, 0.6) is 0 Å². The normalized spacial score (nSPS) is 11.7. The molecular formula is C12H18N3O3PS. The molecule has 0 aliphatic carbocycles. The number of thiocarbonyl (C=S) groups is 1. The molecule has 0 heterocycles. The average molecular weight is 315 g/mol. The third kappa shape index (κ3) is 5.02. The van der Waals surface area contributed by atoms with E-state index >= 15 is 0 Å². The Balaban J connectivity index is 2.86. The Morgan fingerprint density at radius 3 is 2.35 bits per heavy atom. The molecule has 20 heavy (non-hydrogen) atoms. The van der Waals surface area contributed by atoms with Gasteiger partial charge in [0.1, 0.15) is 0 Å². The molecule has 0 aliphatic heterocycles. The summed E-state index contributed by atoms with van der Waals surface area (Å²) in [6, 6.07) is 6.89. The van der Waals surface area contributed by atoms with Gasteiger partial charge in [-0.05, 0) is 43.8 Å². The molecule has 0 bridgehead atoms. The van der Waals surface area contributed by atoms with E-state index in [0.29, 0.717) is 18.5 Å². The van der Waals surface area contributed by atoms with Gasteiger partial charge in [-0.15, -0.1) is 0 Å². The lowest BCUT2D eigenvalue weighted by atomic mass is 10.2. The van der Waals surface area contributed by atoms with E-state index in [-0.39, 0.29) is 5.11 Å². The largest absolute Gasteiger partial charge is 0.375 e. The molecule has 0 aliphatic rings. The topological polar surface area (TPSA) is 85.9 Å². The van der Waals surface area contributed by atoms with Crippen molar-refractivity contribution in [2.75, 3.05) is 13.2 Å². The van der Waals surface area contributed by atoms with Crippen LogP contribution in [0.1, 0.15) is 19.4 Å². The molecule has 0 atom stereocenters. The average Bonchev–Trinajstić information content (AvgIpc) is 2.39. The van der Waals surface area contributed by atoms with E-state index in [1.165, 1.54) is 0 Å². The van der Waals surface area contributed by atoms with E-state index in [1.54, 1.807) is 44.3 Å². The number of benzene rings is 1. The molecule has 0 amide bonds. The Bertz CT molecular complexity index is 509. The van der Waals surface area contributed by atoms with Gasteiger partial charge >= 0.3 is 7.60 Å². The fourth-order valence-corrected chi connectivity index (χ4v) is 3.06. The minimum absolute atomic E-state index is 0.0927. The molecule has 3 N–H and O–H groups in total. The molecular weight excluding hydrogens is 297 g/mol. The maximum atomic E-state index is 12.5. The Labute approximate surface area is 123 Å². The maximum Gasteiger partial charge on any atom is 0.361 e. The fourth-order valence-electron chi connectivity index (χ4n) is 1.44. The predicted octanol–water partition coefficient (Wildman–Crippen LogP) is 1.75. The number of rotatable bonds is 7. The fraction of sp³-hybridized carbons (Fsp3) is 0.333. The molecule has 0 unspecified atom stereocenters. The van der Waals surface area contributed by atoms with Gasteiger partial charge in [0.25, 0.3) is 0 Å². The zero-order chi connectivity index (χ0) is 15.0. The molecule has 8 heteroatoms. The number of hydrogen-bond acceptors (Lipinski definition) is 5. The first-order chi connectivity index (χ1) is 9.51. The molecule has 1 aromatic carbocycles. The van der Waals surface area contributed by atoms with E-state index in [4.69, 9.17) is 14.8 Å². The van der Waals surface area contributed by atoms with Gasteiger partial charge in [0.05, 0.1) is 24.7 Å². The second kappa shape index (κ2) is 8.11. The van der Waals surface area contributed by atoms with E-state index in [2.05, 4.69) is 22.7 Å². The molecule has 1 aromatic rings. The molecule has 110 valence electrons. The van der Waals surface area contributed by atoms with Gasteiger partial charge in [-0.25, -0.2) is 0 Å². The second-order valence-electron chi connectivity index (χ2n) is 3.66. The van der Waals surface area contributed by atoms with Gasteiger partial charge in [-0.1, -0.05) is 12.1 Å². The molecule has 6 nitrogen and oxygen atoms in total. The molecule has 0 spiro atoms. The maximum absolute atomic E-state index is 12.5. The number of hydrogen-bond donors (Lipinski definition) is 2. The lowest BCUT2D eigenvalue weighted by molar-refractivity contribution is 0.230. The summed E-state index contributed by atoms with van der Waals surface area (Å²) in [6.07, 6.45) is 1.55. The third-order valence-corrected chi connectivity index (χ3v) is 4.41. The molecule has 0 aromatic heterocycles. The Kier molecular flexibility index (Phi) is 6.81. The highest BCUT2D eigenvalue weighted by atomic mass is 32.1.